The van der Waals surface area contributed by atoms with Crippen LogP contribution < -0.4 is 5.56 Å². The third-order valence-electron chi connectivity index (χ3n) is 5.84. The quantitative estimate of drug-likeness (QED) is 0.766. The van der Waals surface area contributed by atoms with E-state index in [1.165, 1.54) is 0 Å². The molecule has 0 radical (unpaired) electrons. The van der Waals surface area contributed by atoms with Gasteiger partial charge in [0.25, 0.3) is 5.56 Å². The summed E-state index contributed by atoms with van der Waals surface area (Å²) >= 11 is 0. The second-order valence-electron chi connectivity index (χ2n) is 9.35. The molecule has 4 rings (SSSR count). The average molecular weight is 450 g/mol. The number of aromatic nitrogens is 3. The summed E-state index contributed by atoms with van der Waals surface area (Å²) in [6.45, 7) is 9.03. The molecular weight excluding hydrogens is 418 g/mol. The van der Waals surface area contributed by atoms with Gasteiger partial charge < -0.3 is 14.6 Å². The van der Waals surface area contributed by atoms with Gasteiger partial charge in [-0.25, -0.2) is 9.31 Å². The van der Waals surface area contributed by atoms with Crippen molar-refractivity contribution in [2.75, 3.05) is 37.7 Å². The normalized spacial score (nSPS) is 19.8. The van der Waals surface area contributed by atoms with Crippen LogP contribution in [-0.4, -0.2) is 78.0 Å². The third kappa shape index (κ3) is 5.17. The highest BCUT2D eigenvalue weighted by atomic mass is 32.2. The lowest BCUT2D eigenvalue weighted by molar-refractivity contribution is 0.0203. The van der Waals surface area contributed by atoms with Gasteiger partial charge in [0.05, 0.1) is 11.9 Å². The number of amides is 1. The molecule has 9 nitrogen and oxygen atoms in total. The van der Waals surface area contributed by atoms with E-state index in [0.717, 1.165) is 42.8 Å². The molecule has 31 heavy (non-hydrogen) atoms. The molecule has 2 aromatic rings. The van der Waals surface area contributed by atoms with E-state index in [9.17, 15) is 13.8 Å². The van der Waals surface area contributed by atoms with Gasteiger partial charge in [-0.3, -0.25) is 13.9 Å². The topological polar surface area (TPSA) is 100 Å². The van der Waals surface area contributed by atoms with E-state index in [0.29, 0.717) is 31.1 Å². The minimum Gasteiger partial charge on any atom is -0.444 e. The van der Waals surface area contributed by atoms with Crippen LogP contribution in [-0.2, 0) is 22.1 Å². The fraction of sp³-hybridized carbons (Fsp3) is 0.667. The number of hydrogen-bond acceptors (Lipinski definition) is 6. The van der Waals surface area contributed by atoms with Crippen molar-refractivity contribution in [1.82, 2.24) is 24.4 Å². The lowest BCUT2D eigenvalue weighted by Crippen LogP contribution is -2.41. The summed E-state index contributed by atoms with van der Waals surface area (Å²) in [6, 6.07) is 1.63. The highest BCUT2D eigenvalue weighted by molar-refractivity contribution is 7.85. The number of H-pyrrole nitrogens is 1. The maximum absolute atomic E-state index is 12.4. The smallest absolute Gasteiger partial charge is 0.410 e. The van der Waals surface area contributed by atoms with Crippen molar-refractivity contribution in [3.8, 4) is 0 Å². The van der Waals surface area contributed by atoms with Crippen molar-refractivity contribution in [3.63, 3.8) is 0 Å². The molecule has 0 spiro atoms. The molecule has 10 heteroatoms. The van der Waals surface area contributed by atoms with Gasteiger partial charge in [-0.1, -0.05) is 0 Å². The Kier molecular flexibility index (Phi) is 6.20. The predicted octanol–water partition coefficient (Wildman–Crippen LogP) is 1.70. The molecule has 2 saturated heterocycles. The fourth-order valence-electron chi connectivity index (χ4n) is 4.23. The van der Waals surface area contributed by atoms with Crippen LogP contribution in [0, 0.1) is 0 Å². The summed E-state index contributed by atoms with van der Waals surface area (Å²) in [6.07, 6.45) is 3.04. The van der Waals surface area contributed by atoms with E-state index < -0.39 is 16.4 Å². The molecule has 1 amide bonds. The number of carbonyl (C=O) groups is 1. The molecule has 0 aliphatic carbocycles. The van der Waals surface area contributed by atoms with Gasteiger partial charge in [0.2, 0.25) is 0 Å². The van der Waals surface area contributed by atoms with Crippen molar-refractivity contribution >= 4 is 22.5 Å². The first-order chi connectivity index (χ1) is 14.7. The Morgan fingerprint density at radius 2 is 1.90 bits per heavy atom. The van der Waals surface area contributed by atoms with Gasteiger partial charge in [-0.05, 0) is 33.6 Å². The summed E-state index contributed by atoms with van der Waals surface area (Å²) in [5, 5.41) is 4.57. The average Bonchev–Trinajstić information content (AvgIpc) is 3.10. The highest BCUT2D eigenvalue weighted by Gasteiger charge is 2.29. The van der Waals surface area contributed by atoms with Crippen LogP contribution >= 0.6 is 0 Å². The van der Waals surface area contributed by atoms with E-state index in [1.54, 1.807) is 11.0 Å². The van der Waals surface area contributed by atoms with Gasteiger partial charge in [0, 0.05) is 72.6 Å². The minimum atomic E-state index is -0.717. The van der Waals surface area contributed by atoms with Gasteiger partial charge in [-0.15, -0.1) is 0 Å². The van der Waals surface area contributed by atoms with Crippen LogP contribution in [0.15, 0.2) is 17.1 Å². The molecule has 2 aliphatic heterocycles. The molecule has 0 aromatic carbocycles. The van der Waals surface area contributed by atoms with Crippen LogP contribution in [0.3, 0.4) is 0 Å². The molecule has 2 fully saturated rings. The molecule has 0 saturated carbocycles. The van der Waals surface area contributed by atoms with Crippen molar-refractivity contribution in [1.29, 1.82) is 0 Å². The highest BCUT2D eigenvalue weighted by Crippen LogP contribution is 2.29. The number of rotatable bonds is 3. The molecule has 0 atom stereocenters. The minimum absolute atomic E-state index is 0.140. The zero-order valence-corrected chi connectivity index (χ0v) is 19.2. The number of aromatic amines is 1. The van der Waals surface area contributed by atoms with Crippen molar-refractivity contribution < 1.29 is 13.7 Å². The first-order valence-corrected chi connectivity index (χ1v) is 12.3. The van der Waals surface area contributed by atoms with Crippen LogP contribution in [0.5, 0.6) is 0 Å². The lowest BCUT2D eigenvalue weighted by Gasteiger charge is -2.33. The Balaban J connectivity index is 1.49. The largest absolute Gasteiger partial charge is 0.444 e. The summed E-state index contributed by atoms with van der Waals surface area (Å²) in [7, 11) is -0.717. The summed E-state index contributed by atoms with van der Waals surface area (Å²) < 4.78 is 18.9. The first kappa shape index (κ1) is 22.0. The number of carbonyl (C=O) groups excluding carboxylic acids is 1. The number of hydrogen-bond donors (Lipinski definition) is 1. The van der Waals surface area contributed by atoms with E-state index >= 15 is 0 Å². The number of nitrogens with zero attached hydrogens (tertiary/aromatic N) is 4. The Morgan fingerprint density at radius 1 is 1.23 bits per heavy atom. The number of likely N-dealkylation sites (tertiary alicyclic amines) is 1. The standard InChI is InChI=1S/C21H31N5O4S/c1-21(2,3)30-20(28)25-6-4-15(5-7-25)17-12-18(27)23-19-16(13-22-26(17)19)14-24-8-10-31(29)11-9-24/h12-13,15H,4-11,14H2,1-3H3,(H,23,27). The molecule has 2 aromatic heterocycles. The van der Waals surface area contributed by atoms with Crippen LogP contribution in [0.4, 0.5) is 4.79 Å². The Morgan fingerprint density at radius 3 is 2.55 bits per heavy atom. The lowest BCUT2D eigenvalue weighted by atomic mass is 9.93. The Labute approximate surface area is 184 Å². The first-order valence-electron chi connectivity index (χ1n) is 10.8. The zero-order valence-electron chi connectivity index (χ0n) is 18.4. The van der Waals surface area contributed by atoms with E-state index in [4.69, 9.17) is 4.74 Å². The van der Waals surface area contributed by atoms with Gasteiger partial charge in [0.15, 0.2) is 0 Å². The van der Waals surface area contributed by atoms with Crippen molar-refractivity contribution in [2.45, 2.75) is 51.7 Å². The van der Waals surface area contributed by atoms with Gasteiger partial charge in [-0.2, -0.15) is 5.10 Å². The summed E-state index contributed by atoms with van der Waals surface area (Å²) in [5.41, 5.74) is 1.93. The fourth-order valence-corrected chi connectivity index (χ4v) is 5.35. The van der Waals surface area contributed by atoms with Crippen LogP contribution in [0.2, 0.25) is 0 Å². The van der Waals surface area contributed by atoms with Crippen molar-refractivity contribution in [3.05, 3.63) is 33.9 Å². The van der Waals surface area contributed by atoms with Crippen LogP contribution in [0.25, 0.3) is 5.65 Å². The zero-order chi connectivity index (χ0) is 22.2. The third-order valence-corrected chi connectivity index (χ3v) is 7.12. The molecule has 0 bridgehead atoms. The monoisotopic (exact) mass is 449 g/mol. The van der Waals surface area contributed by atoms with E-state index in [-0.39, 0.29) is 17.6 Å². The summed E-state index contributed by atoms with van der Waals surface area (Å²) in [4.78, 5) is 31.7. The number of piperidine rings is 1. The molecule has 1 N–H and O–H groups in total. The van der Waals surface area contributed by atoms with Gasteiger partial charge >= 0.3 is 6.09 Å². The molecule has 170 valence electrons. The predicted molar refractivity (Wildman–Crippen MR) is 119 cm³/mol. The van der Waals surface area contributed by atoms with E-state index in [1.807, 2.05) is 31.5 Å². The van der Waals surface area contributed by atoms with Gasteiger partial charge in [0.1, 0.15) is 11.2 Å². The SMILES string of the molecule is CC(C)(C)OC(=O)N1CCC(c2cc(=O)[nH]c3c(CN4CCS(=O)CC4)cnn23)CC1. The Bertz CT molecular complexity index is 1020. The Hall–Kier alpha value is -2.20. The number of ether oxygens (including phenoxy) is 1. The molecular formula is C21H31N5O4S. The molecule has 0 unspecified atom stereocenters. The maximum Gasteiger partial charge on any atom is 0.410 e. The molecule has 4 heterocycles. The number of fused-ring (bicyclic) bond motifs is 1. The van der Waals surface area contributed by atoms with Crippen LogP contribution in [0.1, 0.15) is 50.8 Å². The van der Waals surface area contributed by atoms with Crippen molar-refractivity contribution in [2.24, 2.45) is 0 Å². The second-order valence-corrected chi connectivity index (χ2v) is 11.1. The molecule has 2 aliphatic rings. The summed E-state index contributed by atoms with van der Waals surface area (Å²) in [5.74, 6) is 1.53. The number of nitrogens with one attached hydrogen (secondary N) is 1. The maximum atomic E-state index is 12.4. The van der Waals surface area contributed by atoms with E-state index in [2.05, 4.69) is 15.0 Å². The second kappa shape index (κ2) is 8.74.